The predicted octanol–water partition coefficient (Wildman–Crippen LogP) is 3.71. The van der Waals surface area contributed by atoms with Crippen molar-refractivity contribution in [3.63, 3.8) is 0 Å². The first kappa shape index (κ1) is 15.4. The fourth-order valence-electron chi connectivity index (χ4n) is 2.24. The number of nitrogens with one attached hydrogen (secondary N) is 1. The van der Waals surface area contributed by atoms with Gasteiger partial charge in [-0.15, -0.1) is 0 Å². The third-order valence-electron chi connectivity index (χ3n) is 3.19. The molecule has 2 aromatic rings. The van der Waals surface area contributed by atoms with Crippen molar-refractivity contribution >= 4 is 0 Å². The molecule has 0 aliphatic carbocycles. The minimum absolute atomic E-state index is 0.205. The lowest BCUT2D eigenvalue weighted by Gasteiger charge is -2.20. The minimum Gasteiger partial charge on any atom is -0.494 e. The number of pyridine rings is 1. The number of benzene rings is 1. The van der Waals surface area contributed by atoms with Crippen molar-refractivity contribution < 1.29 is 9.13 Å². The summed E-state index contributed by atoms with van der Waals surface area (Å²) in [6.45, 7) is 5.49. The summed E-state index contributed by atoms with van der Waals surface area (Å²) in [7, 11) is 0. The zero-order valence-electron chi connectivity index (χ0n) is 12.5. The van der Waals surface area contributed by atoms with Gasteiger partial charge in [-0.25, -0.2) is 4.39 Å². The van der Waals surface area contributed by atoms with Gasteiger partial charge >= 0.3 is 0 Å². The van der Waals surface area contributed by atoms with Crippen molar-refractivity contribution in [2.75, 3.05) is 13.2 Å². The number of aromatic nitrogens is 1. The van der Waals surface area contributed by atoms with E-state index in [9.17, 15) is 4.39 Å². The highest BCUT2D eigenvalue weighted by molar-refractivity contribution is 5.36. The van der Waals surface area contributed by atoms with Crippen molar-refractivity contribution in [1.29, 1.82) is 0 Å². The van der Waals surface area contributed by atoms with Gasteiger partial charge in [0.15, 0.2) is 0 Å². The second-order valence-corrected chi connectivity index (χ2v) is 4.81. The molecular weight excluding hydrogens is 267 g/mol. The van der Waals surface area contributed by atoms with Crippen LogP contribution >= 0.6 is 0 Å². The number of rotatable bonds is 7. The number of ether oxygens (including phenoxy) is 1. The van der Waals surface area contributed by atoms with Crippen molar-refractivity contribution in [3.05, 3.63) is 59.7 Å². The predicted molar refractivity (Wildman–Crippen MR) is 81.9 cm³/mol. The fourth-order valence-corrected chi connectivity index (χ4v) is 2.24. The van der Waals surface area contributed by atoms with Gasteiger partial charge in [0.05, 0.1) is 18.8 Å². The molecular formula is C17H21FN2O. The van der Waals surface area contributed by atoms with Gasteiger partial charge in [-0.1, -0.05) is 26.0 Å². The van der Waals surface area contributed by atoms with Crippen LogP contribution < -0.4 is 10.1 Å². The summed E-state index contributed by atoms with van der Waals surface area (Å²) in [5.41, 5.74) is 1.58. The van der Waals surface area contributed by atoms with E-state index in [4.69, 9.17) is 4.74 Å². The van der Waals surface area contributed by atoms with E-state index in [-0.39, 0.29) is 11.9 Å². The standard InChI is InChI=1S/C17H21FN2O/c1-3-10-21-14-7-5-6-13(11-14)17(20-4-2)15-8-9-19-12-16(15)18/h5-9,11-12,17,20H,3-4,10H2,1-2H3. The van der Waals surface area contributed by atoms with Crippen LogP contribution in [0.5, 0.6) is 5.75 Å². The molecule has 1 N–H and O–H groups in total. The van der Waals surface area contributed by atoms with Crippen LogP contribution in [0.25, 0.3) is 0 Å². The van der Waals surface area contributed by atoms with E-state index in [0.717, 1.165) is 24.3 Å². The lowest BCUT2D eigenvalue weighted by molar-refractivity contribution is 0.317. The second kappa shape index (κ2) is 7.74. The summed E-state index contributed by atoms with van der Waals surface area (Å²) in [5, 5.41) is 3.32. The largest absolute Gasteiger partial charge is 0.494 e. The first-order valence-electron chi connectivity index (χ1n) is 7.31. The molecule has 0 radical (unpaired) electrons. The maximum atomic E-state index is 14.0. The SMILES string of the molecule is CCCOc1cccc(C(NCC)c2ccncc2F)c1. The van der Waals surface area contributed by atoms with Crippen LogP contribution in [0.3, 0.4) is 0 Å². The Morgan fingerprint density at radius 3 is 2.86 bits per heavy atom. The molecule has 21 heavy (non-hydrogen) atoms. The van der Waals surface area contributed by atoms with Gasteiger partial charge in [-0.3, -0.25) is 4.98 Å². The Kier molecular flexibility index (Phi) is 5.69. The topological polar surface area (TPSA) is 34.1 Å². The van der Waals surface area contributed by atoms with E-state index < -0.39 is 0 Å². The quantitative estimate of drug-likeness (QED) is 0.843. The van der Waals surface area contributed by atoms with E-state index in [0.29, 0.717) is 12.2 Å². The van der Waals surface area contributed by atoms with Gasteiger partial charge in [0.1, 0.15) is 11.6 Å². The highest BCUT2D eigenvalue weighted by Crippen LogP contribution is 2.26. The van der Waals surface area contributed by atoms with Crippen molar-refractivity contribution in [3.8, 4) is 5.75 Å². The Morgan fingerprint density at radius 1 is 1.29 bits per heavy atom. The number of hydrogen-bond acceptors (Lipinski definition) is 3. The van der Waals surface area contributed by atoms with Crippen LogP contribution in [-0.4, -0.2) is 18.1 Å². The normalized spacial score (nSPS) is 12.1. The fraction of sp³-hybridized carbons (Fsp3) is 0.353. The molecule has 112 valence electrons. The Labute approximate surface area is 125 Å². The van der Waals surface area contributed by atoms with E-state index in [1.165, 1.54) is 6.20 Å². The molecule has 0 fully saturated rings. The molecule has 0 spiro atoms. The van der Waals surface area contributed by atoms with Gasteiger partial charge in [-0.2, -0.15) is 0 Å². The van der Waals surface area contributed by atoms with E-state index >= 15 is 0 Å². The lowest BCUT2D eigenvalue weighted by atomic mass is 9.99. The molecule has 1 heterocycles. The maximum absolute atomic E-state index is 14.0. The summed E-state index contributed by atoms with van der Waals surface area (Å²) >= 11 is 0. The molecule has 0 amide bonds. The highest BCUT2D eigenvalue weighted by Gasteiger charge is 2.17. The maximum Gasteiger partial charge on any atom is 0.146 e. The summed E-state index contributed by atoms with van der Waals surface area (Å²) in [5.74, 6) is 0.509. The minimum atomic E-state index is -0.302. The molecule has 0 saturated carbocycles. The molecule has 4 heteroatoms. The van der Waals surface area contributed by atoms with Crippen LogP contribution in [0.4, 0.5) is 4.39 Å². The van der Waals surface area contributed by atoms with Gasteiger partial charge in [0.25, 0.3) is 0 Å². The first-order chi connectivity index (χ1) is 10.3. The Balaban J connectivity index is 2.32. The van der Waals surface area contributed by atoms with Gasteiger partial charge in [0.2, 0.25) is 0 Å². The molecule has 0 saturated heterocycles. The Bertz CT molecular complexity index is 574. The number of hydrogen-bond donors (Lipinski definition) is 1. The molecule has 1 unspecified atom stereocenters. The van der Waals surface area contributed by atoms with Crippen LogP contribution in [0.1, 0.15) is 37.4 Å². The van der Waals surface area contributed by atoms with Gasteiger partial charge in [-0.05, 0) is 36.7 Å². The zero-order valence-corrected chi connectivity index (χ0v) is 12.5. The molecule has 0 bridgehead atoms. The van der Waals surface area contributed by atoms with Crippen LogP contribution in [0, 0.1) is 5.82 Å². The molecule has 1 atom stereocenters. The van der Waals surface area contributed by atoms with E-state index in [1.54, 1.807) is 12.3 Å². The molecule has 3 nitrogen and oxygen atoms in total. The highest BCUT2D eigenvalue weighted by atomic mass is 19.1. The van der Waals surface area contributed by atoms with E-state index in [2.05, 4.69) is 17.2 Å². The van der Waals surface area contributed by atoms with Gasteiger partial charge < -0.3 is 10.1 Å². The smallest absolute Gasteiger partial charge is 0.146 e. The van der Waals surface area contributed by atoms with Crippen LogP contribution in [-0.2, 0) is 0 Å². The van der Waals surface area contributed by atoms with Crippen molar-refractivity contribution in [1.82, 2.24) is 10.3 Å². The van der Waals surface area contributed by atoms with Crippen molar-refractivity contribution in [2.24, 2.45) is 0 Å². The zero-order chi connectivity index (χ0) is 15.1. The Morgan fingerprint density at radius 2 is 2.14 bits per heavy atom. The Hall–Kier alpha value is -1.94. The van der Waals surface area contributed by atoms with E-state index in [1.807, 2.05) is 31.2 Å². The molecule has 1 aromatic heterocycles. The molecule has 0 aliphatic heterocycles. The monoisotopic (exact) mass is 288 g/mol. The average Bonchev–Trinajstić information content (AvgIpc) is 2.52. The van der Waals surface area contributed by atoms with Crippen LogP contribution in [0.2, 0.25) is 0 Å². The summed E-state index contributed by atoms with van der Waals surface area (Å²) in [6.07, 6.45) is 3.82. The van der Waals surface area contributed by atoms with Gasteiger partial charge in [0, 0.05) is 11.8 Å². The molecule has 2 rings (SSSR count). The number of halogens is 1. The summed E-state index contributed by atoms with van der Waals surface area (Å²) in [4.78, 5) is 3.81. The average molecular weight is 288 g/mol. The number of nitrogens with zero attached hydrogens (tertiary/aromatic N) is 1. The summed E-state index contributed by atoms with van der Waals surface area (Å²) in [6, 6.07) is 9.30. The second-order valence-electron chi connectivity index (χ2n) is 4.81. The third-order valence-corrected chi connectivity index (χ3v) is 3.19. The first-order valence-corrected chi connectivity index (χ1v) is 7.31. The van der Waals surface area contributed by atoms with Crippen LogP contribution in [0.15, 0.2) is 42.7 Å². The molecule has 1 aromatic carbocycles. The summed E-state index contributed by atoms with van der Waals surface area (Å²) < 4.78 is 19.7. The van der Waals surface area contributed by atoms with Crippen molar-refractivity contribution in [2.45, 2.75) is 26.3 Å². The lowest BCUT2D eigenvalue weighted by Crippen LogP contribution is -2.23. The molecule has 0 aliphatic rings. The third kappa shape index (κ3) is 4.02.